The van der Waals surface area contributed by atoms with Gasteiger partial charge in [-0.05, 0) is 18.1 Å². The minimum Gasteiger partial charge on any atom is -0.125 e. The summed E-state index contributed by atoms with van der Waals surface area (Å²) in [5, 5.41) is 0. The maximum Gasteiger partial charge on any atom is 0.0275 e. The molecule has 2 aliphatic rings. The molecule has 1 atom stereocenters. The van der Waals surface area contributed by atoms with Gasteiger partial charge in [-0.1, -0.05) is 42.5 Å². The van der Waals surface area contributed by atoms with Crippen LogP contribution in [0.2, 0.25) is 0 Å². The Hall–Kier alpha value is -0.950. The van der Waals surface area contributed by atoms with Crippen molar-refractivity contribution in [2.45, 2.75) is 16.7 Å². The fraction of sp³-hybridized carbons (Fsp3) is 0.231. The smallest absolute Gasteiger partial charge is 0.0275 e. The average Bonchev–Trinajstić information content (AvgIpc) is 2.60. The molecule has 1 aliphatic heterocycles. The van der Waals surface area contributed by atoms with Crippen molar-refractivity contribution in [2.75, 3.05) is 5.75 Å². The van der Waals surface area contributed by atoms with Crippen LogP contribution >= 0.6 is 11.8 Å². The predicted octanol–water partition coefficient (Wildman–Crippen LogP) is 3.55. The lowest BCUT2D eigenvalue weighted by Gasteiger charge is -2.26. The van der Waals surface area contributed by atoms with E-state index in [2.05, 4.69) is 48.6 Å². The van der Waals surface area contributed by atoms with Gasteiger partial charge in [-0.25, -0.2) is 0 Å². The lowest BCUT2D eigenvalue weighted by Crippen LogP contribution is -2.23. The van der Waals surface area contributed by atoms with E-state index in [9.17, 15) is 0 Å². The number of benzene rings is 1. The molecule has 1 aromatic rings. The molecule has 0 radical (unpaired) electrons. The maximum atomic E-state index is 2.37. The largest absolute Gasteiger partial charge is 0.125 e. The highest BCUT2D eigenvalue weighted by Gasteiger charge is 2.36. The average molecular weight is 200 g/mol. The summed E-state index contributed by atoms with van der Waals surface area (Å²) in [6.45, 7) is 0. The van der Waals surface area contributed by atoms with Crippen molar-refractivity contribution in [2.24, 2.45) is 0 Å². The van der Waals surface area contributed by atoms with Gasteiger partial charge in [-0.3, -0.25) is 0 Å². The van der Waals surface area contributed by atoms with Gasteiger partial charge in [0.1, 0.15) is 0 Å². The van der Waals surface area contributed by atoms with Crippen LogP contribution < -0.4 is 0 Å². The number of thioether (sulfide) groups is 1. The third kappa shape index (κ3) is 1.09. The number of hydrogen-bond donors (Lipinski definition) is 0. The summed E-state index contributed by atoms with van der Waals surface area (Å²) in [6.07, 6.45) is 10.1. The molecule has 1 aromatic carbocycles. The highest BCUT2D eigenvalue weighted by Crippen LogP contribution is 2.47. The van der Waals surface area contributed by atoms with Crippen LogP contribution in [0.5, 0.6) is 0 Å². The van der Waals surface area contributed by atoms with Gasteiger partial charge in [-0.15, -0.1) is 11.8 Å². The van der Waals surface area contributed by atoms with Gasteiger partial charge < -0.3 is 0 Å². The van der Waals surface area contributed by atoms with Gasteiger partial charge in [0, 0.05) is 16.1 Å². The summed E-state index contributed by atoms with van der Waals surface area (Å²) in [5.41, 5.74) is 1.82. The van der Waals surface area contributed by atoms with E-state index in [0.29, 0.717) is 5.41 Å². The second-order valence-electron chi connectivity index (χ2n) is 3.93. The van der Waals surface area contributed by atoms with E-state index < -0.39 is 0 Å². The van der Waals surface area contributed by atoms with Gasteiger partial charge in [0.15, 0.2) is 0 Å². The van der Waals surface area contributed by atoms with Crippen LogP contribution in [0.3, 0.4) is 0 Å². The Balaban J connectivity index is 2.13. The normalized spacial score (nSPS) is 28.3. The van der Waals surface area contributed by atoms with Gasteiger partial charge in [0.05, 0.1) is 0 Å². The van der Waals surface area contributed by atoms with Crippen molar-refractivity contribution in [3.63, 3.8) is 0 Å². The molecule has 0 amide bonds. The second-order valence-corrected chi connectivity index (χ2v) is 4.95. The number of fused-ring (bicyclic) bond motifs is 2. The molecule has 1 unspecified atom stereocenters. The Bertz CT molecular complexity index is 417. The molecule has 0 bridgehead atoms. The van der Waals surface area contributed by atoms with Crippen molar-refractivity contribution in [3.8, 4) is 0 Å². The molecular weight excluding hydrogens is 188 g/mol. The summed E-state index contributed by atoms with van der Waals surface area (Å²) >= 11 is 1.99. The second kappa shape index (κ2) is 3.03. The van der Waals surface area contributed by atoms with Gasteiger partial charge in [0.25, 0.3) is 0 Å². The van der Waals surface area contributed by atoms with Crippen LogP contribution in [0.4, 0.5) is 0 Å². The van der Waals surface area contributed by atoms with E-state index in [1.54, 1.807) is 0 Å². The number of rotatable bonds is 0. The van der Waals surface area contributed by atoms with Crippen LogP contribution in [-0.4, -0.2) is 5.75 Å². The van der Waals surface area contributed by atoms with E-state index in [0.717, 1.165) is 6.42 Å². The first kappa shape index (κ1) is 8.37. The minimum absolute atomic E-state index is 0.302. The minimum atomic E-state index is 0.302. The lowest BCUT2D eigenvalue weighted by molar-refractivity contribution is 0.614. The topological polar surface area (TPSA) is 0 Å². The monoisotopic (exact) mass is 200 g/mol. The van der Waals surface area contributed by atoms with E-state index >= 15 is 0 Å². The molecule has 0 saturated carbocycles. The van der Waals surface area contributed by atoms with Crippen LogP contribution in [0.25, 0.3) is 0 Å². The summed E-state index contributed by atoms with van der Waals surface area (Å²) in [4.78, 5) is 1.47. The zero-order valence-electron chi connectivity index (χ0n) is 7.94. The Morgan fingerprint density at radius 2 is 2.07 bits per heavy atom. The van der Waals surface area contributed by atoms with Crippen molar-refractivity contribution in [3.05, 3.63) is 54.1 Å². The molecule has 1 aliphatic carbocycles. The molecule has 0 nitrogen and oxygen atoms in total. The zero-order valence-corrected chi connectivity index (χ0v) is 8.76. The fourth-order valence-corrected chi connectivity index (χ4v) is 3.64. The molecule has 0 saturated heterocycles. The van der Waals surface area contributed by atoms with Gasteiger partial charge >= 0.3 is 0 Å². The lowest BCUT2D eigenvalue weighted by atomic mass is 9.77. The highest BCUT2D eigenvalue weighted by molar-refractivity contribution is 7.99. The molecule has 1 heterocycles. The van der Waals surface area contributed by atoms with Gasteiger partial charge in [-0.2, -0.15) is 0 Å². The first-order chi connectivity index (χ1) is 6.91. The Labute approximate surface area is 88.7 Å². The SMILES string of the molecule is C1=CCC2(C=C1)CSc1ccccc12. The highest BCUT2D eigenvalue weighted by atomic mass is 32.2. The molecule has 0 fully saturated rings. The van der Waals surface area contributed by atoms with Crippen molar-refractivity contribution < 1.29 is 0 Å². The van der Waals surface area contributed by atoms with Crippen LogP contribution in [-0.2, 0) is 5.41 Å². The van der Waals surface area contributed by atoms with Crippen molar-refractivity contribution in [1.82, 2.24) is 0 Å². The number of allylic oxidation sites excluding steroid dienone is 4. The summed E-state index contributed by atoms with van der Waals surface area (Å²) in [5.74, 6) is 1.20. The van der Waals surface area contributed by atoms with Crippen molar-refractivity contribution >= 4 is 11.8 Å². The van der Waals surface area contributed by atoms with Crippen LogP contribution in [0.15, 0.2) is 53.5 Å². The molecule has 0 aromatic heterocycles. The van der Waals surface area contributed by atoms with E-state index in [1.165, 1.54) is 16.2 Å². The quantitative estimate of drug-likeness (QED) is 0.617. The third-order valence-corrected chi connectivity index (χ3v) is 4.38. The van der Waals surface area contributed by atoms with Gasteiger partial charge in [0.2, 0.25) is 0 Å². The fourth-order valence-electron chi connectivity index (χ4n) is 2.26. The molecule has 0 N–H and O–H groups in total. The Morgan fingerprint density at radius 1 is 1.14 bits per heavy atom. The molecule has 1 spiro atoms. The van der Waals surface area contributed by atoms with Crippen LogP contribution in [0.1, 0.15) is 12.0 Å². The number of hydrogen-bond acceptors (Lipinski definition) is 1. The molecular formula is C13H12S. The first-order valence-corrected chi connectivity index (χ1v) is 5.96. The van der Waals surface area contributed by atoms with E-state index in [1.807, 2.05) is 11.8 Å². The molecule has 1 heteroatoms. The molecule has 3 rings (SSSR count). The molecule has 70 valence electrons. The maximum absolute atomic E-state index is 2.37. The van der Waals surface area contributed by atoms with Crippen LogP contribution in [0, 0.1) is 0 Å². The first-order valence-electron chi connectivity index (χ1n) is 4.97. The predicted molar refractivity (Wildman–Crippen MR) is 61.7 cm³/mol. The summed E-state index contributed by atoms with van der Waals surface area (Å²) in [7, 11) is 0. The Morgan fingerprint density at radius 3 is 2.93 bits per heavy atom. The van der Waals surface area contributed by atoms with Crippen molar-refractivity contribution in [1.29, 1.82) is 0 Å². The zero-order chi connectivity index (χ0) is 9.43. The standard InChI is InChI=1S/C13H12S/c1-4-8-13(9-5-1)10-14-12-7-3-2-6-11(12)13/h1-8H,9-10H2. The molecule has 14 heavy (non-hydrogen) atoms. The summed E-state index contributed by atoms with van der Waals surface area (Å²) in [6, 6.07) is 8.80. The van der Waals surface area contributed by atoms with E-state index in [-0.39, 0.29) is 0 Å². The summed E-state index contributed by atoms with van der Waals surface area (Å²) < 4.78 is 0. The van der Waals surface area contributed by atoms with E-state index in [4.69, 9.17) is 0 Å². The third-order valence-electron chi connectivity index (χ3n) is 3.05. The Kier molecular flexibility index (Phi) is 1.81.